The summed E-state index contributed by atoms with van der Waals surface area (Å²) in [5, 5.41) is 2.83. The van der Waals surface area contributed by atoms with Crippen molar-refractivity contribution in [2.24, 2.45) is 5.41 Å². The van der Waals surface area contributed by atoms with Gasteiger partial charge in [0.05, 0.1) is 10.5 Å². The molecule has 0 saturated carbocycles. The van der Waals surface area contributed by atoms with E-state index in [9.17, 15) is 26.4 Å². The van der Waals surface area contributed by atoms with Gasteiger partial charge in [-0.2, -0.15) is 17.5 Å². The quantitative estimate of drug-likeness (QED) is 0.812. The lowest BCUT2D eigenvalue weighted by molar-refractivity contribution is -0.137. The minimum absolute atomic E-state index is 0.0933. The number of sulfonamides is 1. The molecular formula is C18H26F3N3O3S. The first kappa shape index (κ1) is 22.5. The fourth-order valence-corrected chi connectivity index (χ4v) is 4.17. The molecule has 0 spiro atoms. The summed E-state index contributed by atoms with van der Waals surface area (Å²) in [5.74, 6) is 0. The fraction of sp³-hybridized carbons (Fsp3) is 0.611. The maximum absolute atomic E-state index is 12.6. The fourth-order valence-electron chi connectivity index (χ4n) is 2.75. The number of urea groups is 1. The smallest absolute Gasteiger partial charge is 0.338 e. The Bertz CT molecular complexity index is 779. The Labute approximate surface area is 163 Å². The van der Waals surface area contributed by atoms with Gasteiger partial charge < -0.3 is 10.2 Å². The van der Waals surface area contributed by atoms with Crippen molar-refractivity contribution in [2.45, 2.75) is 38.3 Å². The molecule has 28 heavy (non-hydrogen) atoms. The molecule has 0 aromatic heterocycles. The zero-order valence-electron chi connectivity index (χ0n) is 16.2. The van der Waals surface area contributed by atoms with Crippen LogP contribution in [0.1, 0.15) is 32.8 Å². The standard InChI is InChI=1S/C18H26F3N3O3S/c1-17(2,3)8-9-22-16(25)23-10-12-24(13-11-23)28(26,27)15-6-4-14(5-7-15)18(19,20)21/h4-7H,8-13H2,1-3H3,(H,22,25). The topological polar surface area (TPSA) is 69.7 Å². The average molecular weight is 421 g/mol. The lowest BCUT2D eigenvalue weighted by Crippen LogP contribution is -2.53. The van der Waals surface area contributed by atoms with E-state index in [1.54, 1.807) is 4.90 Å². The average Bonchev–Trinajstić information content (AvgIpc) is 2.60. The first-order valence-corrected chi connectivity index (χ1v) is 10.4. The molecule has 2 rings (SSSR count). The largest absolute Gasteiger partial charge is 0.416 e. The SMILES string of the molecule is CC(C)(C)CCNC(=O)N1CCN(S(=O)(=O)c2ccc(C(F)(F)F)cc2)CC1. The van der Waals surface area contributed by atoms with Crippen molar-refractivity contribution in [1.82, 2.24) is 14.5 Å². The molecule has 1 aromatic rings. The van der Waals surface area contributed by atoms with Crippen LogP contribution in [0.5, 0.6) is 0 Å². The van der Waals surface area contributed by atoms with E-state index in [-0.39, 0.29) is 42.5 Å². The van der Waals surface area contributed by atoms with Gasteiger partial charge in [-0.15, -0.1) is 0 Å². The van der Waals surface area contributed by atoms with Gasteiger partial charge in [-0.3, -0.25) is 0 Å². The van der Waals surface area contributed by atoms with Crippen LogP contribution in [0.3, 0.4) is 0 Å². The Kier molecular flexibility index (Phi) is 6.65. The summed E-state index contributed by atoms with van der Waals surface area (Å²) >= 11 is 0. The van der Waals surface area contributed by atoms with E-state index in [1.807, 2.05) is 0 Å². The molecule has 1 heterocycles. The Morgan fingerprint density at radius 3 is 2.04 bits per heavy atom. The molecule has 1 aliphatic heterocycles. The number of piperazine rings is 1. The second-order valence-corrected chi connectivity index (χ2v) is 9.89. The Hall–Kier alpha value is -1.81. The van der Waals surface area contributed by atoms with E-state index < -0.39 is 21.8 Å². The van der Waals surface area contributed by atoms with Crippen LogP contribution in [-0.2, 0) is 16.2 Å². The molecule has 1 fully saturated rings. The number of amides is 2. The third-order valence-electron chi connectivity index (χ3n) is 4.50. The highest BCUT2D eigenvalue weighted by molar-refractivity contribution is 7.89. The molecule has 0 aliphatic carbocycles. The molecule has 1 N–H and O–H groups in total. The molecule has 6 nitrogen and oxygen atoms in total. The van der Waals surface area contributed by atoms with Crippen molar-refractivity contribution < 1.29 is 26.4 Å². The number of carbonyl (C=O) groups is 1. The molecule has 1 aliphatic rings. The highest BCUT2D eigenvalue weighted by Gasteiger charge is 2.33. The van der Waals surface area contributed by atoms with E-state index >= 15 is 0 Å². The molecule has 1 saturated heterocycles. The Morgan fingerprint density at radius 2 is 1.57 bits per heavy atom. The highest BCUT2D eigenvalue weighted by atomic mass is 32.2. The third-order valence-corrected chi connectivity index (χ3v) is 6.41. The zero-order chi connectivity index (χ0) is 21.2. The number of alkyl halides is 3. The van der Waals surface area contributed by atoms with Crippen molar-refractivity contribution in [2.75, 3.05) is 32.7 Å². The molecule has 0 radical (unpaired) electrons. The molecule has 158 valence electrons. The summed E-state index contributed by atoms with van der Waals surface area (Å²) in [7, 11) is -3.90. The first-order valence-electron chi connectivity index (χ1n) is 9.01. The number of nitrogens with one attached hydrogen (secondary N) is 1. The van der Waals surface area contributed by atoms with Crippen molar-refractivity contribution in [3.63, 3.8) is 0 Å². The zero-order valence-corrected chi connectivity index (χ0v) is 17.0. The summed E-state index contributed by atoms with van der Waals surface area (Å²) < 4.78 is 64.4. The summed E-state index contributed by atoms with van der Waals surface area (Å²) in [5.41, 5.74) is -0.801. The maximum Gasteiger partial charge on any atom is 0.416 e. The van der Waals surface area contributed by atoms with Gasteiger partial charge in [-0.25, -0.2) is 13.2 Å². The summed E-state index contributed by atoms with van der Waals surface area (Å²) in [6.07, 6.45) is -3.70. The second-order valence-electron chi connectivity index (χ2n) is 7.96. The van der Waals surface area contributed by atoms with Gasteiger partial charge in [-0.05, 0) is 36.1 Å². The number of rotatable bonds is 4. The van der Waals surface area contributed by atoms with E-state index in [2.05, 4.69) is 26.1 Å². The minimum Gasteiger partial charge on any atom is -0.338 e. The lowest BCUT2D eigenvalue weighted by Gasteiger charge is -2.34. The van der Waals surface area contributed by atoms with Gasteiger partial charge in [-0.1, -0.05) is 20.8 Å². The van der Waals surface area contributed by atoms with Gasteiger partial charge >= 0.3 is 12.2 Å². The Balaban J connectivity index is 1.93. The van der Waals surface area contributed by atoms with Crippen molar-refractivity contribution >= 4 is 16.1 Å². The van der Waals surface area contributed by atoms with Gasteiger partial charge in [0, 0.05) is 32.7 Å². The van der Waals surface area contributed by atoms with Crippen LogP contribution >= 0.6 is 0 Å². The predicted molar refractivity (Wildman–Crippen MR) is 99.2 cm³/mol. The maximum atomic E-state index is 12.6. The molecule has 2 amide bonds. The highest BCUT2D eigenvalue weighted by Crippen LogP contribution is 2.30. The summed E-state index contributed by atoms with van der Waals surface area (Å²) in [4.78, 5) is 13.5. The number of hydrogen-bond acceptors (Lipinski definition) is 3. The van der Waals surface area contributed by atoms with E-state index in [0.29, 0.717) is 6.54 Å². The number of nitrogens with zero attached hydrogens (tertiary/aromatic N) is 2. The lowest BCUT2D eigenvalue weighted by atomic mass is 9.92. The first-order chi connectivity index (χ1) is 12.8. The van der Waals surface area contributed by atoms with Gasteiger partial charge in [0.1, 0.15) is 0 Å². The van der Waals surface area contributed by atoms with Crippen LogP contribution in [0.15, 0.2) is 29.2 Å². The molecule has 10 heteroatoms. The van der Waals surface area contributed by atoms with E-state index in [4.69, 9.17) is 0 Å². The third kappa shape index (κ3) is 5.84. The van der Waals surface area contributed by atoms with Crippen molar-refractivity contribution in [1.29, 1.82) is 0 Å². The van der Waals surface area contributed by atoms with E-state index in [0.717, 1.165) is 30.7 Å². The molecule has 0 bridgehead atoms. The van der Waals surface area contributed by atoms with Gasteiger partial charge in [0.15, 0.2) is 0 Å². The van der Waals surface area contributed by atoms with Crippen molar-refractivity contribution in [3.05, 3.63) is 29.8 Å². The minimum atomic E-state index is -4.52. The Morgan fingerprint density at radius 1 is 1.04 bits per heavy atom. The van der Waals surface area contributed by atoms with Crippen LogP contribution in [0.4, 0.5) is 18.0 Å². The monoisotopic (exact) mass is 421 g/mol. The number of carbonyl (C=O) groups excluding carboxylic acids is 1. The molecular weight excluding hydrogens is 395 g/mol. The molecule has 0 atom stereocenters. The molecule has 0 unspecified atom stereocenters. The van der Waals surface area contributed by atoms with Crippen molar-refractivity contribution in [3.8, 4) is 0 Å². The predicted octanol–water partition coefficient (Wildman–Crippen LogP) is 3.16. The van der Waals surface area contributed by atoms with Crippen LogP contribution in [-0.4, -0.2) is 56.4 Å². The van der Waals surface area contributed by atoms with E-state index in [1.165, 1.54) is 4.31 Å². The number of hydrogen-bond donors (Lipinski definition) is 1. The van der Waals surface area contributed by atoms with Crippen LogP contribution in [0.2, 0.25) is 0 Å². The summed E-state index contributed by atoms with van der Waals surface area (Å²) in [6.45, 7) is 7.39. The van der Waals surface area contributed by atoms with Gasteiger partial charge in [0.2, 0.25) is 10.0 Å². The molecule has 1 aromatic carbocycles. The number of benzene rings is 1. The number of halogens is 3. The normalized spacial score (nSPS) is 16.9. The van der Waals surface area contributed by atoms with Gasteiger partial charge in [0.25, 0.3) is 0 Å². The van der Waals surface area contributed by atoms with Crippen LogP contribution in [0.25, 0.3) is 0 Å². The summed E-state index contributed by atoms with van der Waals surface area (Å²) in [6, 6.07) is 3.20. The van der Waals surface area contributed by atoms with Crippen LogP contribution < -0.4 is 5.32 Å². The second kappa shape index (κ2) is 8.28. The van der Waals surface area contributed by atoms with Crippen LogP contribution in [0, 0.1) is 5.41 Å².